The summed E-state index contributed by atoms with van der Waals surface area (Å²) < 4.78 is 5.42. The predicted octanol–water partition coefficient (Wildman–Crippen LogP) is 3.64. The van der Waals surface area contributed by atoms with Crippen molar-refractivity contribution in [2.75, 3.05) is 48.0 Å². The van der Waals surface area contributed by atoms with Crippen LogP contribution in [0.25, 0.3) is 0 Å². The van der Waals surface area contributed by atoms with Gasteiger partial charge in [-0.25, -0.2) is 0 Å². The Morgan fingerprint density at radius 1 is 1.07 bits per heavy atom. The summed E-state index contributed by atoms with van der Waals surface area (Å²) in [5.74, 6) is 0.0163. The molecule has 2 aromatic carbocycles. The number of para-hydroxylation sites is 2. The summed E-state index contributed by atoms with van der Waals surface area (Å²) >= 11 is 0. The summed E-state index contributed by atoms with van der Waals surface area (Å²) in [7, 11) is 0. The van der Waals surface area contributed by atoms with Crippen LogP contribution in [0.2, 0.25) is 0 Å². The van der Waals surface area contributed by atoms with E-state index >= 15 is 0 Å². The molecule has 1 N–H and O–H groups in total. The number of rotatable bonds is 6. The summed E-state index contributed by atoms with van der Waals surface area (Å²) in [5, 5.41) is 2.98. The second-order valence-electron chi connectivity index (χ2n) is 7.52. The number of nitrogens with zero attached hydrogens (tertiary/aromatic N) is 2. The average Bonchev–Trinajstić information content (AvgIpc) is 2.73. The zero-order valence-electron chi connectivity index (χ0n) is 17.4. The van der Waals surface area contributed by atoms with Gasteiger partial charge < -0.3 is 19.9 Å². The Labute approximate surface area is 172 Å². The minimum Gasteiger partial charge on any atom is -0.378 e. The van der Waals surface area contributed by atoms with Gasteiger partial charge in [-0.05, 0) is 35.7 Å². The zero-order chi connectivity index (χ0) is 20.8. The Kier molecular flexibility index (Phi) is 6.88. The number of ether oxygens (including phenoxy) is 1. The molecule has 2 aromatic rings. The average molecular weight is 396 g/mol. The second-order valence-corrected chi connectivity index (χ2v) is 7.52. The monoisotopic (exact) mass is 395 g/mol. The van der Waals surface area contributed by atoms with Crippen LogP contribution in [0.3, 0.4) is 0 Å². The van der Waals surface area contributed by atoms with Crippen LogP contribution in [-0.4, -0.2) is 44.7 Å². The molecule has 0 saturated carbocycles. The van der Waals surface area contributed by atoms with Gasteiger partial charge in [-0.1, -0.05) is 38.1 Å². The fourth-order valence-corrected chi connectivity index (χ4v) is 3.42. The molecule has 1 aliphatic heterocycles. The molecular formula is C23H29N3O3. The van der Waals surface area contributed by atoms with Crippen LogP contribution in [0.15, 0.2) is 48.5 Å². The SMILES string of the molecule is CC(=O)N(CC(=O)Nc1ccccc1N1CCOCC1)c1ccc(C(C)C)cc1. The highest BCUT2D eigenvalue weighted by molar-refractivity contribution is 6.03. The number of morpholine rings is 1. The highest BCUT2D eigenvalue weighted by atomic mass is 16.5. The lowest BCUT2D eigenvalue weighted by atomic mass is 10.0. The van der Waals surface area contributed by atoms with E-state index in [0.29, 0.717) is 19.1 Å². The van der Waals surface area contributed by atoms with Gasteiger partial charge in [0.1, 0.15) is 6.54 Å². The predicted molar refractivity (Wildman–Crippen MR) is 117 cm³/mol. The Hall–Kier alpha value is -2.86. The fraction of sp³-hybridized carbons (Fsp3) is 0.391. The number of nitrogens with one attached hydrogen (secondary N) is 1. The number of carbonyl (C=O) groups excluding carboxylic acids is 2. The van der Waals surface area contributed by atoms with Gasteiger partial charge in [0.15, 0.2) is 0 Å². The smallest absolute Gasteiger partial charge is 0.244 e. The van der Waals surface area contributed by atoms with E-state index in [9.17, 15) is 9.59 Å². The molecule has 0 aliphatic carbocycles. The van der Waals surface area contributed by atoms with Crippen molar-refractivity contribution in [1.29, 1.82) is 0 Å². The zero-order valence-corrected chi connectivity index (χ0v) is 17.4. The maximum absolute atomic E-state index is 12.8. The van der Waals surface area contributed by atoms with Gasteiger partial charge >= 0.3 is 0 Å². The molecule has 6 nitrogen and oxygen atoms in total. The Morgan fingerprint density at radius 2 is 1.72 bits per heavy atom. The lowest BCUT2D eigenvalue weighted by Gasteiger charge is -2.30. The molecule has 3 rings (SSSR count). The number of hydrogen-bond acceptors (Lipinski definition) is 4. The van der Waals surface area contributed by atoms with E-state index in [1.54, 1.807) is 0 Å². The fourth-order valence-electron chi connectivity index (χ4n) is 3.42. The minimum absolute atomic E-state index is 0.0339. The molecule has 0 bridgehead atoms. The topological polar surface area (TPSA) is 61.9 Å². The standard InChI is InChI=1S/C23H29N3O3/c1-17(2)19-8-10-20(11-9-19)26(18(3)27)16-23(28)24-21-6-4-5-7-22(21)25-12-14-29-15-13-25/h4-11,17H,12-16H2,1-3H3,(H,24,28). The van der Waals surface area contributed by atoms with E-state index in [0.717, 1.165) is 30.2 Å². The molecule has 1 fully saturated rings. The molecule has 1 saturated heterocycles. The Bertz CT molecular complexity index is 843. The van der Waals surface area contributed by atoms with Crippen LogP contribution in [0.5, 0.6) is 0 Å². The summed E-state index contributed by atoms with van der Waals surface area (Å²) in [5.41, 5.74) is 3.64. The molecule has 1 aliphatic rings. The van der Waals surface area contributed by atoms with Gasteiger partial charge in [-0.2, -0.15) is 0 Å². The van der Waals surface area contributed by atoms with Gasteiger partial charge in [0.25, 0.3) is 0 Å². The van der Waals surface area contributed by atoms with Gasteiger partial charge in [0, 0.05) is 25.7 Å². The quantitative estimate of drug-likeness (QED) is 0.811. The highest BCUT2D eigenvalue weighted by Crippen LogP contribution is 2.26. The number of amides is 2. The van der Waals surface area contributed by atoms with Crippen molar-refractivity contribution < 1.29 is 14.3 Å². The first-order chi connectivity index (χ1) is 14.0. The Balaban J connectivity index is 1.72. The molecule has 0 unspecified atom stereocenters. The van der Waals surface area contributed by atoms with Crippen molar-refractivity contribution in [1.82, 2.24) is 0 Å². The maximum Gasteiger partial charge on any atom is 0.244 e. The van der Waals surface area contributed by atoms with Gasteiger partial charge in [0.05, 0.1) is 24.6 Å². The second kappa shape index (κ2) is 9.56. The largest absolute Gasteiger partial charge is 0.378 e. The molecule has 0 atom stereocenters. The van der Waals surface area contributed by atoms with E-state index < -0.39 is 0 Å². The van der Waals surface area contributed by atoms with Crippen molar-refractivity contribution in [2.45, 2.75) is 26.7 Å². The molecule has 6 heteroatoms. The van der Waals surface area contributed by atoms with Gasteiger partial charge in [-0.15, -0.1) is 0 Å². The lowest BCUT2D eigenvalue weighted by Crippen LogP contribution is -2.38. The van der Waals surface area contributed by atoms with E-state index in [1.807, 2.05) is 48.5 Å². The number of benzene rings is 2. The van der Waals surface area contributed by atoms with Crippen molar-refractivity contribution in [3.63, 3.8) is 0 Å². The third kappa shape index (κ3) is 5.35. The maximum atomic E-state index is 12.8. The summed E-state index contributed by atoms with van der Waals surface area (Å²) in [6.45, 7) is 8.61. The van der Waals surface area contributed by atoms with Gasteiger partial charge in [0.2, 0.25) is 11.8 Å². The van der Waals surface area contributed by atoms with Gasteiger partial charge in [-0.3, -0.25) is 9.59 Å². The summed E-state index contributed by atoms with van der Waals surface area (Å²) in [4.78, 5) is 28.6. The first-order valence-corrected chi connectivity index (χ1v) is 10.1. The highest BCUT2D eigenvalue weighted by Gasteiger charge is 2.19. The van der Waals surface area contributed by atoms with Crippen molar-refractivity contribution in [3.8, 4) is 0 Å². The third-order valence-electron chi connectivity index (χ3n) is 5.08. The molecule has 29 heavy (non-hydrogen) atoms. The molecule has 0 radical (unpaired) electrons. The third-order valence-corrected chi connectivity index (χ3v) is 5.08. The van der Waals surface area contributed by atoms with Crippen LogP contribution in [0.4, 0.5) is 17.1 Å². The lowest BCUT2D eigenvalue weighted by molar-refractivity contribution is -0.120. The first-order valence-electron chi connectivity index (χ1n) is 10.1. The van der Waals surface area contributed by atoms with Crippen molar-refractivity contribution in [2.24, 2.45) is 0 Å². The molecule has 0 spiro atoms. The number of hydrogen-bond donors (Lipinski definition) is 1. The normalized spacial score (nSPS) is 14.0. The van der Waals surface area contributed by atoms with Crippen LogP contribution >= 0.6 is 0 Å². The van der Waals surface area contributed by atoms with Crippen molar-refractivity contribution in [3.05, 3.63) is 54.1 Å². The molecule has 2 amide bonds. The summed E-state index contributed by atoms with van der Waals surface area (Å²) in [6, 6.07) is 15.5. The van der Waals surface area contributed by atoms with Crippen LogP contribution < -0.4 is 15.1 Å². The molecular weight excluding hydrogens is 366 g/mol. The molecule has 0 aromatic heterocycles. The van der Waals surface area contributed by atoms with Crippen LogP contribution in [0.1, 0.15) is 32.3 Å². The molecule has 1 heterocycles. The summed E-state index contributed by atoms with van der Waals surface area (Å²) in [6.07, 6.45) is 0. The molecule has 154 valence electrons. The number of carbonyl (C=O) groups is 2. The Morgan fingerprint density at radius 3 is 2.34 bits per heavy atom. The first kappa shape index (κ1) is 20.9. The van der Waals surface area contributed by atoms with E-state index in [-0.39, 0.29) is 18.4 Å². The van der Waals surface area contributed by atoms with E-state index in [4.69, 9.17) is 4.74 Å². The van der Waals surface area contributed by atoms with E-state index in [1.165, 1.54) is 17.4 Å². The van der Waals surface area contributed by atoms with Crippen LogP contribution in [-0.2, 0) is 14.3 Å². The van der Waals surface area contributed by atoms with Crippen molar-refractivity contribution >= 4 is 28.9 Å². The minimum atomic E-state index is -0.228. The number of anilines is 3. The van der Waals surface area contributed by atoms with E-state index in [2.05, 4.69) is 24.1 Å². The van der Waals surface area contributed by atoms with Crippen LogP contribution in [0, 0.1) is 0 Å².